The number of allylic oxidation sites excluding steroid dienone is 1. The van der Waals surface area contributed by atoms with E-state index in [2.05, 4.69) is 0 Å². The van der Waals surface area contributed by atoms with Crippen LogP contribution in [-0.2, 0) is 0 Å². The summed E-state index contributed by atoms with van der Waals surface area (Å²) in [4.78, 5) is 10.1. The molecule has 5 heteroatoms. The molecule has 0 fully saturated rings. The van der Waals surface area contributed by atoms with Gasteiger partial charge in [0, 0.05) is 18.6 Å². The number of hydrogen-bond donors (Lipinski definition) is 0. The fraction of sp³-hybridized carbons (Fsp3) is 0.333. The molecule has 0 radical (unpaired) electrons. The molecule has 0 atom stereocenters. The highest BCUT2D eigenvalue weighted by Gasteiger charge is 2.11. The van der Waals surface area contributed by atoms with E-state index in [4.69, 9.17) is 9.47 Å². The first-order valence-electron chi connectivity index (χ1n) is 5.22. The fourth-order valence-electron chi connectivity index (χ4n) is 1.41. The second-order valence-corrected chi connectivity index (χ2v) is 3.35. The van der Waals surface area contributed by atoms with Gasteiger partial charge in [0.1, 0.15) is 0 Å². The lowest BCUT2D eigenvalue weighted by Crippen LogP contribution is -1.98. The van der Waals surface area contributed by atoms with Gasteiger partial charge in [-0.2, -0.15) is 0 Å². The quantitative estimate of drug-likeness (QED) is 0.583. The van der Waals surface area contributed by atoms with Crippen molar-refractivity contribution in [2.24, 2.45) is 0 Å². The van der Waals surface area contributed by atoms with Crippen LogP contribution < -0.4 is 9.47 Å². The second kappa shape index (κ2) is 5.89. The van der Waals surface area contributed by atoms with E-state index >= 15 is 0 Å². The Morgan fingerprint density at radius 3 is 2.76 bits per heavy atom. The first-order chi connectivity index (χ1) is 8.10. The van der Waals surface area contributed by atoms with Gasteiger partial charge in [-0.3, -0.25) is 10.1 Å². The van der Waals surface area contributed by atoms with Crippen molar-refractivity contribution in [2.45, 2.75) is 13.8 Å². The van der Waals surface area contributed by atoms with Gasteiger partial charge in [0.25, 0.3) is 0 Å². The summed E-state index contributed by atoms with van der Waals surface area (Å²) in [6.07, 6.45) is 1.46. The highest BCUT2D eigenvalue weighted by atomic mass is 16.6. The number of benzene rings is 1. The molecule has 0 unspecified atom stereocenters. The van der Waals surface area contributed by atoms with E-state index in [0.29, 0.717) is 23.7 Å². The summed E-state index contributed by atoms with van der Waals surface area (Å²) in [5.74, 6) is 1.09. The molecule has 1 aromatic rings. The second-order valence-electron chi connectivity index (χ2n) is 3.35. The summed E-state index contributed by atoms with van der Waals surface area (Å²) in [6.45, 7) is 3.81. The summed E-state index contributed by atoms with van der Waals surface area (Å²) < 4.78 is 10.6. The molecular weight excluding hydrogens is 222 g/mol. The molecule has 0 spiro atoms. The maximum Gasteiger partial charge on any atom is 0.243 e. The van der Waals surface area contributed by atoms with E-state index in [1.807, 2.05) is 6.92 Å². The Morgan fingerprint density at radius 2 is 2.24 bits per heavy atom. The molecule has 92 valence electrons. The van der Waals surface area contributed by atoms with Crippen molar-refractivity contribution in [3.8, 4) is 11.5 Å². The fourth-order valence-corrected chi connectivity index (χ4v) is 1.41. The van der Waals surface area contributed by atoms with Crippen LogP contribution in [0.3, 0.4) is 0 Å². The lowest BCUT2D eigenvalue weighted by molar-refractivity contribution is -0.422. The van der Waals surface area contributed by atoms with Crippen LogP contribution in [0.5, 0.6) is 11.5 Å². The maximum atomic E-state index is 10.6. The normalized spacial score (nSPS) is 11.1. The Bertz CT molecular complexity index is 440. The average molecular weight is 237 g/mol. The summed E-state index contributed by atoms with van der Waals surface area (Å²) in [7, 11) is 1.51. The standard InChI is InChI=1S/C12H15NO4/c1-4-17-11-7-5-6-10(12(11)16-3)8-9(2)13(14)15/h5-8H,4H2,1-3H3/b9-8+. The van der Waals surface area contributed by atoms with E-state index in [1.165, 1.54) is 20.1 Å². The minimum absolute atomic E-state index is 0.0527. The Hall–Kier alpha value is -2.04. The van der Waals surface area contributed by atoms with E-state index in [-0.39, 0.29) is 5.70 Å². The van der Waals surface area contributed by atoms with E-state index < -0.39 is 4.92 Å². The zero-order valence-electron chi connectivity index (χ0n) is 10.1. The molecule has 0 aliphatic carbocycles. The Balaban J connectivity index is 3.20. The molecular formula is C12H15NO4. The molecule has 17 heavy (non-hydrogen) atoms. The molecule has 1 rings (SSSR count). The SMILES string of the molecule is CCOc1cccc(/C=C(\C)[N+](=O)[O-])c1OC. The molecule has 0 saturated carbocycles. The number of methoxy groups -OCH3 is 1. The number of rotatable bonds is 5. The minimum atomic E-state index is -0.438. The van der Waals surface area contributed by atoms with Gasteiger partial charge in [0.15, 0.2) is 11.5 Å². The van der Waals surface area contributed by atoms with Crippen LogP contribution >= 0.6 is 0 Å². The highest BCUT2D eigenvalue weighted by Crippen LogP contribution is 2.32. The maximum absolute atomic E-state index is 10.6. The van der Waals surface area contributed by atoms with Gasteiger partial charge in [0.05, 0.1) is 18.6 Å². The van der Waals surface area contributed by atoms with Crippen LogP contribution in [0, 0.1) is 10.1 Å². The van der Waals surface area contributed by atoms with Crippen molar-refractivity contribution >= 4 is 6.08 Å². The van der Waals surface area contributed by atoms with Gasteiger partial charge < -0.3 is 9.47 Å². The Kier molecular flexibility index (Phi) is 4.51. The van der Waals surface area contributed by atoms with Crippen LogP contribution in [0.1, 0.15) is 19.4 Å². The smallest absolute Gasteiger partial charge is 0.243 e. The summed E-state index contributed by atoms with van der Waals surface area (Å²) in [5.41, 5.74) is 0.685. The Morgan fingerprint density at radius 1 is 1.53 bits per heavy atom. The third-order valence-corrected chi connectivity index (χ3v) is 2.17. The van der Waals surface area contributed by atoms with E-state index in [1.54, 1.807) is 18.2 Å². The minimum Gasteiger partial charge on any atom is -0.492 e. The molecule has 0 aromatic heterocycles. The van der Waals surface area contributed by atoms with Crippen LogP contribution in [0.15, 0.2) is 23.9 Å². The van der Waals surface area contributed by atoms with Gasteiger partial charge in [-0.1, -0.05) is 12.1 Å². The van der Waals surface area contributed by atoms with Crippen molar-refractivity contribution in [1.29, 1.82) is 0 Å². The topological polar surface area (TPSA) is 61.6 Å². The lowest BCUT2D eigenvalue weighted by Gasteiger charge is -2.11. The first kappa shape index (κ1) is 13.0. The number of nitro groups is 1. The predicted molar refractivity (Wildman–Crippen MR) is 64.8 cm³/mol. The molecule has 0 heterocycles. The molecule has 0 amide bonds. The van der Waals surface area contributed by atoms with Crippen LogP contribution in [-0.4, -0.2) is 18.6 Å². The predicted octanol–water partition coefficient (Wildman–Crippen LogP) is 2.73. The van der Waals surface area contributed by atoms with Gasteiger partial charge in [-0.25, -0.2) is 0 Å². The largest absolute Gasteiger partial charge is 0.492 e. The average Bonchev–Trinajstić information content (AvgIpc) is 2.29. The zero-order valence-corrected chi connectivity index (χ0v) is 10.1. The molecule has 1 aromatic carbocycles. The molecule has 0 N–H and O–H groups in total. The summed E-state index contributed by atoms with van der Waals surface area (Å²) in [6, 6.07) is 5.28. The van der Waals surface area contributed by atoms with Gasteiger partial charge in [0.2, 0.25) is 5.70 Å². The molecule has 0 saturated heterocycles. The number of para-hydroxylation sites is 1. The number of nitrogens with zero attached hydrogens (tertiary/aromatic N) is 1. The van der Waals surface area contributed by atoms with Gasteiger partial charge in [-0.05, 0) is 13.0 Å². The highest BCUT2D eigenvalue weighted by molar-refractivity contribution is 5.63. The summed E-state index contributed by atoms with van der Waals surface area (Å²) >= 11 is 0. The molecule has 0 aliphatic rings. The van der Waals surface area contributed by atoms with Crippen molar-refractivity contribution in [2.75, 3.05) is 13.7 Å². The lowest BCUT2D eigenvalue weighted by atomic mass is 10.1. The van der Waals surface area contributed by atoms with E-state index in [0.717, 1.165) is 0 Å². The van der Waals surface area contributed by atoms with Gasteiger partial charge >= 0.3 is 0 Å². The first-order valence-corrected chi connectivity index (χ1v) is 5.22. The Labute approximate surface area is 99.8 Å². The van der Waals surface area contributed by atoms with Crippen molar-refractivity contribution in [3.63, 3.8) is 0 Å². The van der Waals surface area contributed by atoms with Crippen LogP contribution in [0.2, 0.25) is 0 Å². The molecule has 0 bridgehead atoms. The van der Waals surface area contributed by atoms with Crippen molar-refractivity contribution < 1.29 is 14.4 Å². The third-order valence-electron chi connectivity index (χ3n) is 2.17. The number of ether oxygens (including phenoxy) is 2. The van der Waals surface area contributed by atoms with Crippen molar-refractivity contribution in [1.82, 2.24) is 0 Å². The molecule has 5 nitrogen and oxygen atoms in total. The monoisotopic (exact) mass is 237 g/mol. The van der Waals surface area contributed by atoms with Crippen LogP contribution in [0.4, 0.5) is 0 Å². The number of hydrogen-bond acceptors (Lipinski definition) is 4. The summed E-state index contributed by atoms with van der Waals surface area (Å²) in [5, 5.41) is 10.6. The van der Waals surface area contributed by atoms with E-state index in [9.17, 15) is 10.1 Å². The third kappa shape index (κ3) is 3.21. The molecule has 0 aliphatic heterocycles. The van der Waals surface area contributed by atoms with Gasteiger partial charge in [-0.15, -0.1) is 0 Å². The van der Waals surface area contributed by atoms with Crippen molar-refractivity contribution in [3.05, 3.63) is 39.6 Å². The zero-order chi connectivity index (χ0) is 12.8. The van der Waals surface area contributed by atoms with Crippen LogP contribution in [0.25, 0.3) is 6.08 Å².